The molecule has 0 aromatic heterocycles. The SMILES string of the molecule is CC(c1cccc(O)c1)N(C)CC(O)c1ccccc1. The monoisotopic (exact) mass is 271 g/mol. The van der Waals surface area contributed by atoms with Crippen LogP contribution in [0.25, 0.3) is 0 Å². The fraction of sp³-hybridized carbons (Fsp3) is 0.294. The third-order valence-corrected chi connectivity index (χ3v) is 3.66. The number of phenolic OH excluding ortho intramolecular Hbond substituents is 1. The fourth-order valence-electron chi connectivity index (χ4n) is 2.25. The Bertz CT molecular complexity index is 542. The van der Waals surface area contributed by atoms with Crippen molar-refractivity contribution < 1.29 is 10.2 Å². The second-order valence-electron chi connectivity index (χ2n) is 5.14. The number of benzene rings is 2. The summed E-state index contributed by atoms with van der Waals surface area (Å²) >= 11 is 0. The molecule has 0 heterocycles. The molecule has 0 bridgehead atoms. The normalized spacial score (nSPS) is 14.2. The van der Waals surface area contributed by atoms with E-state index in [2.05, 4.69) is 11.8 Å². The summed E-state index contributed by atoms with van der Waals surface area (Å²) in [5.74, 6) is 0.270. The Labute approximate surface area is 120 Å². The average molecular weight is 271 g/mol. The summed E-state index contributed by atoms with van der Waals surface area (Å²) in [5, 5.41) is 19.8. The minimum atomic E-state index is -0.513. The molecule has 0 aliphatic heterocycles. The van der Waals surface area contributed by atoms with E-state index in [-0.39, 0.29) is 11.8 Å². The van der Waals surface area contributed by atoms with Crippen molar-refractivity contribution in [3.05, 3.63) is 65.7 Å². The Morgan fingerprint density at radius 3 is 2.30 bits per heavy atom. The maximum Gasteiger partial charge on any atom is 0.115 e. The minimum absolute atomic E-state index is 0.125. The minimum Gasteiger partial charge on any atom is -0.508 e. The van der Waals surface area contributed by atoms with E-state index in [9.17, 15) is 10.2 Å². The van der Waals surface area contributed by atoms with Gasteiger partial charge in [0.25, 0.3) is 0 Å². The highest BCUT2D eigenvalue weighted by molar-refractivity contribution is 5.29. The van der Waals surface area contributed by atoms with E-state index in [1.165, 1.54) is 0 Å². The van der Waals surface area contributed by atoms with Crippen LogP contribution in [0.5, 0.6) is 5.75 Å². The molecule has 2 rings (SSSR count). The highest BCUT2D eigenvalue weighted by Gasteiger charge is 2.16. The standard InChI is InChI=1S/C17H21NO2/c1-13(15-9-6-10-16(19)11-15)18(2)12-17(20)14-7-4-3-5-8-14/h3-11,13,17,19-20H,12H2,1-2H3. The van der Waals surface area contributed by atoms with Crippen LogP contribution >= 0.6 is 0 Å². The van der Waals surface area contributed by atoms with Crippen LogP contribution in [0.4, 0.5) is 0 Å². The third-order valence-electron chi connectivity index (χ3n) is 3.66. The predicted octanol–water partition coefficient (Wildman–Crippen LogP) is 3.12. The first kappa shape index (κ1) is 14.6. The quantitative estimate of drug-likeness (QED) is 0.878. The number of nitrogens with zero attached hydrogens (tertiary/aromatic N) is 1. The van der Waals surface area contributed by atoms with E-state index in [4.69, 9.17) is 0 Å². The van der Waals surface area contributed by atoms with Crippen LogP contribution in [0.2, 0.25) is 0 Å². The number of likely N-dealkylation sites (N-methyl/N-ethyl adjacent to an activating group) is 1. The summed E-state index contributed by atoms with van der Waals surface area (Å²) in [5.41, 5.74) is 1.95. The first-order chi connectivity index (χ1) is 9.58. The summed E-state index contributed by atoms with van der Waals surface area (Å²) < 4.78 is 0. The molecule has 0 aliphatic rings. The van der Waals surface area contributed by atoms with E-state index >= 15 is 0 Å². The number of aliphatic hydroxyl groups is 1. The first-order valence-corrected chi connectivity index (χ1v) is 6.80. The topological polar surface area (TPSA) is 43.7 Å². The summed E-state index contributed by atoms with van der Waals surface area (Å²) in [7, 11) is 1.97. The molecule has 2 aromatic rings. The van der Waals surface area contributed by atoms with Crippen molar-refractivity contribution >= 4 is 0 Å². The second-order valence-corrected chi connectivity index (χ2v) is 5.14. The molecular weight excluding hydrogens is 250 g/mol. The molecular formula is C17H21NO2. The van der Waals surface area contributed by atoms with Crippen molar-refractivity contribution in [1.82, 2.24) is 4.90 Å². The largest absolute Gasteiger partial charge is 0.508 e. The van der Waals surface area contributed by atoms with Gasteiger partial charge in [0.05, 0.1) is 6.10 Å². The van der Waals surface area contributed by atoms with Crippen LogP contribution < -0.4 is 0 Å². The van der Waals surface area contributed by atoms with Gasteiger partial charge >= 0.3 is 0 Å². The highest BCUT2D eigenvalue weighted by Crippen LogP contribution is 2.24. The lowest BCUT2D eigenvalue weighted by Crippen LogP contribution is -2.27. The van der Waals surface area contributed by atoms with Crippen LogP contribution in [-0.4, -0.2) is 28.7 Å². The van der Waals surface area contributed by atoms with Gasteiger partial charge in [0.2, 0.25) is 0 Å². The summed E-state index contributed by atoms with van der Waals surface area (Å²) in [4.78, 5) is 2.08. The van der Waals surface area contributed by atoms with E-state index in [0.29, 0.717) is 6.54 Å². The molecule has 2 unspecified atom stereocenters. The first-order valence-electron chi connectivity index (χ1n) is 6.80. The molecule has 2 N–H and O–H groups in total. The number of rotatable bonds is 5. The smallest absolute Gasteiger partial charge is 0.115 e. The Balaban J connectivity index is 2.02. The molecule has 2 aromatic carbocycles. The Hall–Kier alpha value is -1.84. The molecule has 0 saturated heterocycles. The Morgan fingerprint density at radius 2 is 1.65 bits per heavy atom. The molecule has 3 heteroatoms. The van der Waals surface area contributed by atoms with Crippen molar-refractivity contribution in [1.29, 1.82) is 0 Å². The number of aromatic hydroxyl groups is 1. The van der Waals surface area contributed by atoms with E-state index in [0.717, 1.165) is 11.1 Å². The highest BCUT2D eigenvalue weighted by atomic mass is 16.3. The zero-order valence-corrected chi connectivity index (χ0v) is 11.9. The lowest BCUT2D eigenvalue weighted by Gasteiger charge is -2.27. The fourth-order valence-corrected chi connectivity index (χ4v) is 2.25. The van der Waals surface area contributed by atoms with Crippen molar-refractivity contribution in [2.75, 3.05) is 13.6 Å². The molecule has 0 spiro atoms. The molecule has 0 amide bonds. The van der Waals surface area contributed by atoms with Gasteiger partial charge < -0.3 is 10.2 Å². The van der Waals surface area contributed by atoms with Crippen LogP contribution in [0, 0.1) is 0 Å². The zero-order valence-electron chi connectivity index (χ0n) is 11.9. The van der Waals surface area contributed by atoms with Gasteiger partial charge in [-0.25, -0.2) is 0 Å². The maximum atomic E-state index is 10.3. The van der Waals surface area contributed by atoms with Gasteiger partial charge in [-0.1, -0.05) is 42.5 Å². The number of hydrogen-bond acceptors (Lipinski definition) is 3. The van der Waals surface area contributed by atoms with Crippen LogP contribution in [0.15, 0.2) is 54.6 Å². The summed E-state index contributed by atoms with van der Waals surface area (Å²) in [6, 6.07) is 17.0. The van der Waals surface area contributed by atoms with Crippen molar-refractivity contribution in [3.8, 4) is 5.75 Å². The van der Waals surface area contributed by atoms with Crippen molar-refractivity contribution in [2.45, 2.75) is 19.1 Å². The molecule has 0 saturated carbocycles. The van der Waals surface area contributed by atoms with E-state index in [1.807, 2.05) is 49.5 Å². The number of aliphatic hydroxyl groups excluding tert-OH is 1. The van der Waals surface area contributed by atoms with Crippen LogP contribution in [0.3, 0.4) is 0 Å². The van der Waals surface area contributed by atoms with Gasteiger partial charge in [0.1, 0.15) is 5.75 Å². The third kappa shape index (κ3) is 3.59. The van der Waals surface area contributed by atoms with Gasteiger partial charge in [0, 0.05) is 12.6 Å². The Morgan fingerprint density at radius 1 is 1.00 bits per heavy atom. The summed E-state index contributed by atoms with van der Waals surface area (Å²) in [6.45, 7) is 2.60. The van der Waals surface area contributed by atoms with E-state index in [1.54, 1.807) is 12.1 Å². The van der Waals surface area contributed by atoms with Gasteiger partial charge in [-0.05, 0) is 37.2 Å². The van der Waals surface area contributed by atoms with Crippen LogP contribution in [0.1, 0.15) is 30.2 Å². The van der Waals surface area contributed by atoms with Gasteiger partial charge in [0.15, 0.2) is 0 Å². The average Bonchev–Trinajstić information content (AvgIpc) is 2.47. The Kier molecular flexibility index (Phi) is 4.77. The maximum absolute atomic E-state index is 10.3. The molecule has 106 valence electrons. The van der Waals surface area contributed by atoms with Gasteiger partial charge in [-0.15, -0.1) is 0 Å². The molecule has 0 aliphatic carbocycles. The van der Waals surface area contributed by atoms with Gasteiger partial charge in [-0.3, -0.25) is 4.90 Å². The summed E-state index contributed by atoms with van der Waals surface area (Å²) in [6.07, 6.45) is -0.513. The molecule has 2 atom stereocenters. The van der Waals surface area contributed by atoms with Gasteiger partial charge in [-0.2, -0.15) is 0 Å². The van der Waals surface area contributed by atoms with Crippen molar-refractivity contribution in [2.24, 2.45) is 0 Å². The van der Waals surface area contributed by atoms with Crippen LogP contribution in [-0.2, 0) is 0 Å². The predicted molar refractivity (Wildman–Crippen MR) is 80.6 cm³/mol. The number of phenols is 1. The van der Waals surface area contributed by atoms with Crippen molar-refractivity contribution in [3.63, 3.8) is 0 Å². The molecule has 3 nitrogen and oxygen atoms in total. The number of hydrogen-bond donors (Lipinski definition) is 2. The zero-order chi connectivity index (χ0) is 14.5. The second kappa shape index (κ2) is 6.55. The van der Waals surface area contributed by atoms with E-state index < -0.39 is 6.10 Å². The molecule has 20 heavy (non-hydrogen) atoms. The molecule has 0 fully saturated rings. The lowest BCUT2D eigenvalue weighted by atomic mass is 10.0. The lowest BCUT2D eigenvalue weighted by molar-refractivity contribution is 0.108. The molecule has 0 radical (unpaired) electrons.